The molecule has 0 spiro atoms. The molecule has 3 N–H and O–H groups in total. The lowest BCUT2D eigenvalue weighted by Gasteiger charge is -2.58. The topological polar surface area (TPSA) is 79.2 Å². The number of ether oxygens (including phenoxy) is 2. The van der Waals surface area contributed by atoms with Crippen LogP contribution in [0.15, 0.2) is 11.6 Å². The van der Waals surface area contributed by atoms with Crippen LogP contribution in [0, 0.1) is 52.3 Å². The van der Waals surface area contributed by atoms with Crippen LogP contribution in [0.25, 0.3) is 0 Å². The second kappa shape index (κ2) is 11.7. The van der Waals surface area contributed by atoms with Crippen LogP contribution in [0.3, 0.4) is 0 Å². The summed E-state index contributed by atoms with van der Waals surface area (Å²) in [5, 5.41) is 30.2. The predicted octanol–water partition coefficient (Wildman–Crippen LogP) is 6.49. The molecule has 0 aromatic rings. The number of rotatable bonds is 8. The van der Waals surface area contributed by atoms with Gasteiger partial charge in [0.15, 0.2) is 6.29 Å². The fourth-order valence-corrected chi connectivity index (χ4v) is 10.2. The summed E-state index contributed by atoms with van der Waals surface area (Å²) < 4.78 is 11.8. The molecule has 0 amide bonds. The Morgan fingerprint density at radius 2 is 1.72 bits per heavy atom. The molecule has 0 radical (unpaired) electrons. The minimum Gasteiger partial charge on any atom is -0.388 e. The highest BCUT2D eigenvalue weighted by Gasteiger charge is 2.59. The monoisotopic (exact) mass is 546 g/mol. The first-order valence-corrected chi connectivity index (χ1v) is 16.5. The molecular formula is C34H58O5. The molecule has 5 aliphatic rings. The normalized spacial score (nSPS) is 48.3. The summed E-state index contributed by atoms with van der Waals surface area (Å²) in [7, 11) is 0. The lowest BCUT2D eigenvalue weighted by molar-refractivity contribution is -0.284. The van der Waals surface area contributed by atoms with Crippen molar-refractivity contribution < 1.29 is 24.8 Å². The maximum atomic E-state index is 10.4. The minimum absolute atomic E-state index is 0.00354. The van der Waals surface area contributed by atoms with E-state index < -0.39 is 24.6 Å². The van der Waals surface area contributed by atoms with Gasteiger partial charge in [-0.2, -0.15) is 0 Å². The fraction of sp³-hybridized carbons (Fsp3) is 0.941. The van der Waals surface area contributed by atoms with Gasteiger partial charge in [-0.05, 0) is 104 Å². The van der Waals surface area contributed by atoms with E-state index in [0.29, 0.717) is 5.41 Å². The maximum absolute atomic E-state index is 10.4. The molecule has 1 aliphatic heterocycles. The Bertz CT molecular complexity index is 874. The first-order chi connectivity index (χ1) is 18.5. The average molecular weight is 547 g/mol. The van der Waals surface area contributed by atoms with E-state index in [2.05, 4.69) is 47.6 Å². The molecule has 2 unspecified atom stereocenters. The van der Waals surface area contributed by atoms with E-state index in [-0.39, 0.29) is 18.1 Å². The van der Waals surface area contributed by atoms with Crippen LogP contribution in [0.2, 0.25) is 0 Å². The molecule has 4 fully saturated rings. The van der Waals surface area contributed by atoms with E-state index in [9.17, 15) is 15.3 Å². The van der Waals surface area contributed by atoms with Crippen LogP contribution in [0.4, 0.5) is 0 Å². The van der Waals surface area contributed by atoms with Gasteiger partial charge in [-0.25, -0.2) is 0 Å². The predicted molar refractivity (Wildman–Crippen MR) is 155 cm³/mol. The molecule has 224 valence electrons. The number of allylic oxidation sites excluding steroid dienone is 1. The van der Waals surface area contributed by atoms with Crippen LogP contribution in [0.1, 0.15) is 112 Å². The quantitative estimate of drug-likeness (QED) is 0.303. The van der Waals surface area contributed by atoms with Gasteiger partial charge in [-0.15, -0.1) is 0 Å². The van der Waals surface area contributed by atoms with Gasteiger partial charge in [-0.3, -0.25) is 0 Å². The summed E-state index contributed by atoms with van der Waals surface area (Å²) in [6, 6.07) is 0. The summed E-state index contributed by atoms with van der Waals surface area (Å²) in [6.07, 6.45) is 12.1. The zero-order valence-corrected chi connectivity index (χ0v) is 25.6. The van der Waals surface area contributed by atoms with Gasteiger partial charge >= 0.3 is 0 Å². The van der Waals surface area contributed by atoms with Gasteiger partial charge in [0.25, 0.3) is 0 Å². The van der Waals surface area contributed by atoms with E-state index in [4.69, 9.17) is 9.47 Å². The zero-order valence-electron chi connectivity index (χ0n) is 25.6. The molecule has 39 heavy (non-hydrogen) atoms. The Balaban J connectivity index is 1.23. The molecule has 5 rings (SSSR count). The zero-order chi connectivity index (χ0) is 28.1. The van der Waals surface area contributed by atoms with Gasteiger partial charge in [0.1, 0.15) is 18.3 Å². The third-order valence-electron chi connectivity index (χ3n) is 13.3. The van der Waals surface area contributed by atoms with E-state index in [0.717, 1.165) is 60.7 Å². The van der Waals surface area contributed by atoms with Gasteiger partial charge in [0.2, 0.25) is 0 Å². The van der Waals surface area contributed by atoms with E-state index >= 15 is 0 Å². The number of fused-ring (bicyclic) bond motifs is 5. The smallest absolute Gasteiger partial charge is 0.186 e. The largest absolute Gasteiger partial charge is 0.388 e. The van der Waals surface area contributed by atoms with Crippen molar-refractivity contribution in [3.63, 3.8) is 0 Å². The van der Waals surface area contributed by atoms with Crippen molar-refractivity contribution in [3.8, 4) is 0 Å². The molecule has 4 aliphatic carbocycles. The van der Waals surface area contributed by atoms with Gasteiger partial charge in [0, 0.05) is 0 Å². The molecule has 5 nitrogen and oxygen atoms in total. The van der Waals surface area contributed by atoms with Crippen molar-refractivity contribution in [3.05, 3.63) is 11.6 Å². The highest BCUT2D eigenvalue weighted by Crippen LogP contribution is 2.67. The van der Waals surface area contributed by atoms with Crippen LogP contribution in [0.5, 0.6) is 0 Å². The van der Waals surface area contributed by atoms with E-state index in [1.54, 1.807) is 5.57 Å². The minimum atomic E-state index is -1.22. The molecule has 0 bridgehead atoms. The number of aliphatic hydroxyl groups excluding tert-OH is 3. The molecule has 0 aromatic heterocycles. The van der Waals surface area contributed by atoms with Crippen molar-refractivity contribution in [2.24, 2.45) is 52.3 Å². The lowest BCUT2D eigenvalue weighted by atomic mass is 9.47. The summed E-state index contributed by atoms with van der Waals surface area (Å²) in [5.74, 6) is 5.82. The van der Waals surface area contributed by atoms with Crippen molar-refractivity contribution >= 4 is 0 Å². The highest BCUT2D eigenvalue weighted by molar-refractivity contribution is 5.25. The third-order valence-corrected chi connectivity index (χ3v) is 13.3. The SMILES string of the molecule is CCC(C)C(C)CC[C@@H](C)[C@H]1CC[C@H]2[C@@H]3CC=C4C[C@@H](O[C@@H]5OC[C@@H](O)[C@H](O)[C@H]5O)CC[C@]4(C)[C@H]3CC[C@]12C. The lowest BCUT2D eigenvalue weighted by Crippen LogP contribution is -2.55. The molecule has 1 saturated heterocycles. The number of hydrogen-bond donors (Lipinski definition) is 3. The Labute approximate surface area is 238 Å². The second-order valence-electron chi connectivity index (χ2n) is 15.2. The highest BCUT2D eigenvalue weighted by atomic mass is 16.7. The Kier molecular flexibility index (Phi) is 8.98. The third kappa shape index (κ3) is 5.42. The standard InChI is InChI=1S/C34H58O5/c1-7-20(2)21(3)8-9-22(4)26-12-13-27-25-11-10-23-18-24(39-32-31(37)30(36)29(35)19-38-32)14-16-33(23,5)28(25)15-17-34(26,27)6/h10,20-22,24-32,35-37H,7-9,11-19H2,1-6H3/t20?,21?,22-,24+,25+,26-,27+,28+,29-,30+,31-,32+,33+,34-/m1/s1. The number of hydrogen-bond acceptors (Lipinski definition) is 5. The molecule has 3 saturated carbocycles. The van der Waals surface area contributed by atoms with E-state index in [1.807, 2.05) is 0 Å². The summed E-state index contributed by atoms with van der Waals surface area (Å²) in [5.41, 5.74) is 2.31. The molecular weight excluding hydrogens is 488 g/mol. The van der Waals surface area contributed by atoms with Crippen molar-refractivity contribution in [1.82, 2.24) is 0 Å². The summed E-state index contributed by atoms with van der Waals surface area (Å²) in [4.78, 5) is 0. The van der Waals surface area contributed by atoms with Gasteiger partial charge in [0.05, 0.1) is 12.7 Å². The molecule has 5 heteroatoms. The summed E-state index contributed by atoms with van der Waals surface area (Å²) in [6.45, 7) is 15.0. The second-order valence-corrected chi connectivity index (χ2v) is 15.2. The van der Waals surface area contributed by atoms with E-state index in [1.165, 1.54) is 51.4 Å². The number of aliphatic hydroxyl groups is 3. The van der Waals surface area contributed by atoms with Crippen LogP contribution < -0.4 is 0 Å². The molecule has 14 atom stereocenters. The van der Waals surface area contributed by atoms with Crippen molar-refractivity contribution in [1.29, 1.82) is 0 Å². The van der Waals surface area contributed by atoms with Crippen molar-refractivity contribution in [2.45, 2.75) is 143 Å². The van der Waals surface area contributed by atoms with Gasteiger partial charge in [-0.1, -0.05) is 72.5 Å². The van der Waals surface area contributed by atoms with Crippen LogP contribution in [-0.4, -0.2) is 52.6 Å². The Hall–Kier alpha value is -0.460. The summed E-state index contributed by atoms with van der Waals surface area (Å²) >= 11 is 0. The Morgan fingerprint density at radius 3 is 2.46 bits per heavy atom. The van der Waals surface area contributed by atoms with Crippen LogP contribution in [-0.2, 0) is 9.47 Å². The van der Waals surface area contributed by atoms with Crippen molar-refractivity contribution in [2.75, 3.05) is 6.61 Å². The first-order valence-electron chi connectivity index (χ1n) is 16.5. The van der Waals surface area contributed by atoms with Crippen LogP contribution >= 0.6 is 0 Å². The fourth-order valence-electron chi connectivity index (χ4n) is 10.2. The first kappa shape index (κ1) is 30.0. The maximum Gasteiger partial charge on any atom is 0.186 e. The molecule has 0 aromatic carbocycles. The Morgan fingerprint density at radius 1 is 0.949 bits per heavy atom. The molecule has 1 heterocycles. The average Bonchev–Trinajstić information content (AvgIpc) is 3.28. The van der Waals surface area contributed by atoms with Gasteiger partial charge < -0.3 is 24.8 Å².